The van der Waals surface area contributed by atoms with Crippen LogP contribution < -0.4 is 5.73 Å². The number of aromatic nitrogens is 6. The Labute approximate surface area is 122 Å². The minimum atomic E-state index is 0.332. The van der Waals surface area contributed by atoms with Crippen molar-refractivity contribution in [2.24, 2.45) is 0 Å². The highest BCUT2D eigenvalue weighted by Crippen LogP contribution is 2.26. The number of aryl methyl sites for hydroxylation is 3. The summed E-state index contributed by atoms with van der Waals surface area (Å²) in [5.41, 5.74) is 9.91. The molecule has 0 atom stereocenters. The summed E-state index contributed by atoms with van der Waals surface area (Å²) in [6.07, 6.45) is 0. The molecule has 0 fully saturated rings. The van der Waals surface area contributed by atoms with Crippen LogP contribution in [0.1, 0.15) is 42.7 Å². The molecule has 0 spiro atoms. The van der Waals surface area contributed by atoms with Crippen molar-refractivity contribution in [1.29, 1.82) is 0 Å². The van der Waals surface area contributed by atoms with Gasteiger partial charge in [0.15, 0.2) is 5.82 Å². The van der Waals surface area contributed by atoms with E-state index in [1.807, 2.05) is 25.5 Å². The van der Waals surface area contributed by atoms with Crippen LogP contribution in [-0.2, 0) is 0 Å². The van der Waals surface area contributed by atoms with Crippen molar-refractivity contribution in [3.63, 3.8) is 0 Å². The average Bonchev–Trinajstić information content (AvgIpc) is 2.92. The second-order valence-corrected chi connectivity index (χ2v) is 5.58. The number of anilines is 1. The normalized spacial score (nSPS) is 11.7. The SMILES string of the molecule is Cc1cc(C(C)C)n(-c2c(C)nc3nc(C)nn3c2N)n1. The van der Waals surface area contributed by atoms with Crippen molar-refractivity contribution in [3.8, 4) is 5.69 Å². The van der Waals surface area contributed by atoms with Crippen molar-refractivity contribution in [2.45, 2.75) is 40.5 Å². The van der Waals surface area contributed by atoms with E-state index in [0.29, 0.717) is 23.3 Å². The molecule has 3 rings (SSSR count). The average molecular weight is 285 g/mol. The minimum absolute atomic E-state index is 0.332. The Kier molecular flexibility index (Phi) is 2.93. The van der Waals surface area contributed by atoms with Gasteiger partial charge in [0.2, 0.25) is 0 Å². The summed E-state index contributed by atoms with van der Waals surface area (Å²) < 4.78 is 3.44. The second-order valence-electron chi connectivity index (χ2n) is 5.58. The maximum absolute atomic E-state index is 6.30. The molecule has 3 aromatic rings. The number of nitrogen functional groups attached to an aromatic ring is 1. The molecule has 0 aliphatic rings. The predicted octanol–water partition coefficient (Wildman–Crippen LogP) is 1.94. The van der Waals surface area contributed by atoms with Gasteiger partial charge in [-0.15, -0.1) is 5.10 Å². The summed E-state index contributed by atoms with van der Waals surface area (Å²) in [4.78, 5) is 8.76. The quantitative estimate of drug-likeness (QED) is 0.777. The molecule has 0 aromatic carbocycles. The van der Waals surface area contributed by atoms with Gasteiger partial charge in [-0.2, -0.15) is 14.6 Å². The largest absolute Gasteiger partial charge is 0.382 e. The summed E-state index contributed by atoms with van der Waals surface area (Å²) in [5.74, 6) is 1.99. The Morgan fingerprint density at radius 2 is 1.81 bits per heavy atom. The van der Waals surface area contributed by atoms with Crippen LogP contribution in [0.5, 0.6) is 0 Å². The van der Waals surface area contributed by atoms with Gasteiger partial charge in [-0.3, -0.25) is 0 Å². The van der Waals surface area contributed by atoms with Crippen LogP contribution in [0.3, 0.4) is 0 Å². The Bertz CT molecular complexity index is 826. The zero-order valence-corrected chi connectivity index (χ0v) is 12.9. The molecule has 2 N–H and O–H groups in total. The van der Waals surface area contributed by atoms with Crippen molar-refractivity contribution >= 4 is 11.6 Å². The van der Waals surface area contributed by atoms with E-state index in [-0.39, 0.29) is 0 Å². The molecule has 0 radical (unpaired) electrons. The fraction of sp³-hybridized carbons (Fsp3) is 0.429. The van der Waals surface area contributed by atoms with Crippen molar-refractivity contribution < 1.29 is 0 Å². The third-order valence-electron chi connectivity index (χ3n) is 3.44. The van der Waals surface area contributed by atoms with Gasteiger partial charge in [0, 0.05) is 5.69 Å². The first-order chi connectivity index (χ1) is 9.88. The zero-order chi connectivity index (χ0) is 15.3. The molecule has 0 bridgehead atoms. The fourth-order valence-electron chi connectivity index (χ4n) is 2.50. The number of hydrogen-bond acceptors (Lipinski definition) is 5. The van der Waals surface area contributed by atoms with Crippen LogP contribution in [0.2, 0.25) is 0 Å². The molecular weight excluding hydrogens is 266 g/mol. The molecule has 0 aliphatic carbocycles. The molecule has 3 aromatic heterocycles. The van der Waals surface area contributed by atoms with Gasteiger partial charge in [0.05, 0.1) is 11.4 Å². The lowest BCUT2D eigenvalue weighted by Crippen LogP contribution is -2.13. The molecule has 7 heteroatoms. The maximum Gasteiger partial charge on any atom is 0.254 e. The topological polar surface area (TPSA) is 86.9 Å². The van der Waals surface area contributed by atoms with Crippen molar-refractivity contribution in [1.82, 2.24) is 29.4 Å². The van der Waals surface area contributed by atoms with E-state index in [1.165, 1.54) is 0 Å². The molecule has 0 unspecified atom stereocenters. The van der Waals surface area contributed by atoms with Gasteiger partial charge >= 0.3 is 0 Å². The minimum Gasteiger partial charge on any atom is -0.382 e. The molecule has 7 nitrogen and oxygen atoms in total. The molecule has 0 saturated heterocycles. The van der Waals surface area contributed by atoms with E-state index in [0.717, 1.165) is 22.8 Å². The molecule has 0 saturated carbocycles. The van der Waals surface area contributed by atoms with Crippen LogP contribution in [0.4, 0.5) is 5.82 Å². The monoisotopic (exact) mass is 285 g/mol. The lowest BCUT2D eigenvalue weighted by Gasteiger charge is -2.14. The molecular formula is C14H19N7. The van der Waals surface area contributed by atoms with Crippen LogP contribution >= 0.6 is 0 Å². The van der Waals surface area contributed by atoms with E-state index < -0.39 is 0 Å². The lowest BCUT2D eigenvalue weighted by atomic mass is 10.1. The van der Waals surface area contributed by atoms with Crippen molar-refractivity contribution in [3.05, 3.63) is 29.0 Å². The summed E-state index contributed by atoms with van der Waals surface area (Å²) in [6.45, 7) is 9.96. The summed E-state index contributed by atoms with van der Waals surface area (Å²) in [7, 11) is 0. The predicted molar refractivity (Wildman–Crippen MR) is 80.6 cm³/mol. The van der Waals surface area contributed by atoms with Gasteiger partial charge < -0.3 is 5.73 Å². The van der Waals surface area contributed by atoms with Crippen LogP contribution in [0, 0.1) is 20.8 Å². The first-order valence-electron chi connectivity index (χ1n) is 6.95. The Hall–Kier alpha value is -2.44. The molecule has 21 heavy (non-hydrogen) atoms. The first kappa shape index (κ1) is 13.5. The third kappa shape index (κ3) is 2.05. The first-order valence-corrected chi connectivity index (χ1v) is 6.95. The number of fused-ring (bicyclic) bond motifs is 1. The van der Waals surface area contributed by atoms with E-state index in [1.54, 1.807) is 4.52 Å². The second kappa shape index (κ2) is 4.54. The maximum atomic E-state index is 6.30. The summed E-state index contributed by atoms with van der Waals surface area (Å²) >= 11 is 0. The molecule has 0 aliphatic heterocycles. The number of hydrogen-bond donors (Lipinski definition) is 1. The molecule has 110 valence electrons. The van der Waals surface area contributed by atoms with E-state index in [9.17, 15) is 0 Å². The number of rotatable bonds is 2. The Morgan fingerprint density at radius 3 is 2.48 bits per heavy atom. The van der Waals surface area contributed by atoms with E-state index in [2.05, 4.69) is 40.1 Å². The van der Waals surface area contributed by atoms with Gasteiger partial charge in [0.25, 0.3) is 5.78 Å². The Balaban J connectivity index is 2.34. The Morgan fingerprint density at radius 1 is 1.10 bits per heavy atom. The van der Waals surface area contributed by atoms with Gasteiger partial charge in [-0.25, -0.2) is 9.67 Å². The van der Waals surface area contributed by atoms with Gasteiger partial charge in [-0.05, 0) is 32.8 Å². The molecule has 0 amide bonds. The number of nitrogens with zero attached hydrogens (tertiary/aromatic N) is 6. The highest BCUT2D eigenvalue weighted by atomic mass is 15.4. The summed E-state index contributed by atoms with van der Waals surface area (Å²) in [6, 6.07) is 2.07. The highest BCUT2D eigenvalue weighted by Gasteiger charge is 2.19. The molecule has 3 heterocycles. The van der Waals surface area contributed by atoms with Crippen LogP contribution in [0.15, 0.2) is 6.07 Å². The standard InChI is InChI=1S/C14H19N7/c1-7(2)11-6-8(3)18-20(11)12-9(4)16-14-17-10(5)19-21(14)13(12)15/h6-7H,15H2,1-5H3. The van der Waals surface area contributed by atoms with Crippen molar-refractivity contribution in [2.75, 3.05) is 5.73 Å². The fourth-order valence-corrected chi connectivity index (χ4v) is 2.50. The van der Waals surface area contributed by atoms with E-state index >= 15 is 0 Å². The lowest BCUT2D eigenvalue weighted by molar-refractivity contribution is 0.720. The zero-order valence-electron chi connectivity index (χ0n) is 12.9. The smallest absolute Gasteiger partial charge is 0.254 e. The highest BCUT2D eigenvalue weighted by molar-refractivity contribution is 5.59. The van der Waals surface area contributed by atoms with E-state index in [4.69, 9.17) is 5.73 Å². The summed E-state index contributed by atoms with van der Waals surface area (Å²) in [5, 5.41) is 8.87. The van der Waals surface area contributed by atoms with Gasteiger partial charge in [-0.1, -0.05) is 13.8 Å². The van der Waals surface area contributed by atoms with Gasteiger partial charge in [0.1, 0.15) is 11.5 Å². The van der Waals surface area contributed by atoms with Crippen LogP contribution in [0.25, 0.3) is 11.5 Å². The van der Waals surface area contributed by atoms with Crippen LogP contribution in [-0.4, -0.2) is 29.4 Å². The number of nitrogens with two attached hydrogens (primary N) is 1. The third-order valence-corrected chi connectivity index (χ3v) is 3.44.